The van der Waals surface area contributed by atoms with E-state index >= 15 is 0 Å². The zero-order chi connectivity index (χ0) is 10.7. The van der Waals surface area contributed by atoms with Crippen molar-refractivity contribution in [3.8, 4) is 0 Å². The van der Waals surface area contributed by atoms with E-state index in [9.17, 15) is 4.79 Å². The van der Waals surface area contributed by atoms with Crippen LogP contribution in [0.4, 0.5) is 0 Å². The summed E-state index contributed by atoms with van der Waals surface area (Å²) in [5.74, 6) is 0.659. The molecule has 0 saturated carbocycles. The van der Waals surface area contributed by atoms with E-state index < -0.39 is 0 Å². The Morgan fingerprint density at radius 3 is 3.27 bits per heavy atom. The zero-order valence-corrected chi connectivity index (χ0v) is 8.43. The molecule has 15 heavy (non-hydrogen) atoms. The summed E-state index contributed by atoms with van der Waals surface area (Å²) in [6.45, 7) is 1.40. The smallest absolute Gasteiger partial charge is 0.239 e. The Morgan fingerprint density at radius 2 is 2.53 bits per heavy atom. The van der Waals surface area contributed by atoms with Crippen molar-refractivity contribution in [1.29, 1.82) is 0 Å². The summed E-state index contributed by atoms with van der Waals surface area (Å²) in [5, 5.41) is 3.69. The van der Waals surface area contributed by atoms with E-state index in [0.29, 0.717) is 18.8 Å². The van der Waals surface area contributed by atoms with Crippen LogP contribution < -0.4 is 5.73 Å². The molecule has 1 fully saturated rings. The normalized spacial score (nSPS) is 22.1. The molecule has 1 aromatic heterocycles. The van der Waals surface area contributed by atoms with Crippen molar-refractivity contribution in [3.63, 3.8) is 0 Å². The molecule has 1 aliphatic heterocycles. The lowest BCUT2D eigenvalue weighted by Gasteiger charge is -2.30. The van der Waals surface area contributed by atoms with Crippen LogP contribution in [-0.2, 0) is 11.2 Å². The van der Waals surface area contributed by atoms with E-state index in [4.69, 9.17) is 5.73 Å². The molecule has 2 heterocycles. The molecule has 1 aliphatic rings. The van der Waals surface area contributed by atoms with Gasteiger partial charge in [0.25, 0.3) is 0 Å². The minimum absolute atomic E-state index is 0.0322. The topological polar surface area (TPSA) is 85.2 Å². The number of likely N-dealkylation sites (tertiary alicyclic amines) is 1. The first-order valence-electron chi connectivity index (χ1n) is 5.07. The summed E-state index contributed by atoms with van der Waals surface area (Å²) in [6, 6.07) is -0.330. The molecule has 0 radical (unpaired) electrons. The summed E-state index contributed by atoms with van der Waals surface area (Å²) in [4.78, 5) is 17.3. The average Bonchev–Trinajstić information content (AvgIpc) is 2.73. The van der Waals surface area contributed by atoms with E-state index in [1.165, 1.54) is 6.39 Å². The van der Waals surface area contributed by atoms with Crippen LogP contribution >= 0.6 is 0 Å². The fourth-order valence-electron chi connectivity index (χ4n) is 1.73. The Morgan fingerprint density at radius 1 is 1.67 bits per heavy atom. The van der Waals surface area contributed by atoms with Gasteiger partial charge in [0.05, 0.1) is 6.04 Å². The third-order valence-corrected chi connectivity index (χ3v) is 2.58. The SMILES string of the molecule is NC1CCCN(CCc2ncon2)C1=O. The first kappa shape index (κ1) is 10.1. The predicted octanol–water partition coefficient (Wildman–Crippen LogP) is -0.438. The Labute approximate surface area is 87.4 Å². The van der Waals surface area contributed by atoms with E-state index in [1.807, 2.05) is 0 Å². The Bertz CT molecular complexity index is 325. The molecule has 1 saturated heterocycles. The molecule has 0 aromatic carbocycles. The van der Waals surface area contributed by atoms with Crippen molar-refractivity contribution in [3.05, 3.63) is 12.2 Å². The van der Waals surface area contributed by atoms with Crippen LogP contribution in [0.25, 0.3) is 0 Å². The highest BCUT2D eigenvalue weighted by Crippen LogP contribution is 2.10. The molecular formula is C9H14N4O2. The minimum atomic E-state index is -0.330. The fraction of sp³-hybridized carbons (Fsp3) is 0.667. The van der Waals surface area contributed by atoms with E-state index in [2.05, 4.69) is 14.7 Å². The second kappa shape index (κ2) is 4.39. The summed E-state index contributed by atoms with van der Waals surface area (Å²) < 4.78 is 4.61. The molecule has 2 N–H and O–H groups in total. The number of rotatable bonds is 3. The summed E-state index contributed by atoms with van der Waals surface area (Å²) in [6.07, 6.45) is 3.67. The molecule has 0 aliphatic carbocycles. The molecule has 1 unspecified atom stereocenters. The average molecular weight is 210 g/mol. The molecule has 0 bridgehead atoms. The van der Waals surface area contributed by atoms with Crippen LogP contribution in [0.5, 0.6) is 0 Å². The van der Waals surface area contributed by atoms with Crippen molar-refractivity contribution >= 4 is 5.91 Å². The van der Waals surface area contributed by atoms with Gasteiger partial charge in [0.15, 0.2) is 5.82 Å². The molecule has 6 heteroatoms. The molecule has 2 rings (SSSR count). The number of nitrogens with zero attached hydrogens (tertiary/aromatic N) is 3. The van der Waals surface area contributed by atoms with Crippen LogP contribution in [0.15, 0.2) is 10.9 Å². The van der Waals surface area contributed by atoms with Crippen LogP contribution in [0.3, 0.4) is 0 Å². The van der Waals surface area contributed by atoms with Crippen molar-refractivity contribution in [2.24, 2.45) is 5.73 Å². The van der Waals surface area contributed by atoms with Gasteiger partial charge in [-0.3, -0.25) is 4.79 Å². The van der Waals surface area contributed by atoms with Gasteiger partial charge in [-0.1, -0.05) is 5.16 Å². The number of piperidine rings is 1. The lowest BCUT2D eigenvalue weighted by atomic mass is 10.1. The van der Waals surface area contributed by atoms with Crippen molar-refractivity contribution < 1.29 is 9.32 Å². The van der Waals surface area contributed by atoms with Gasteiger partial charge >= 0.3 is 0 Å². The summed E-state index contributed by atoms with van der Waals surface area (Å²) >= 11 is 0. The van der Waals surface area contributed by atoms with Gasteiger partial charge in [0.1, 0.15) is 0 Å². The zero-order valence-electron chi connectivity index (χ0n) is 8.43. The number of hydrogen-bond donors (Lipinski definition) is 1. The third-order valence-electron chi connectivity index (χ3n) is 2.58. The van der Waals surface area contributed by atoms with Gasteiger partial charge in [0.2, 0.25) is 12.3 Å². The lowest BCUT2D eigenvalue weighted by Crippen LogP contribution is -2.48. The molecule has 1 atom stereocenters. The molecule has 1 aromatic rings. The lowest BCUT2D eigenvalue weighted by molar-refractivity contribution is -0.134. The van der Waals surface area contributed by atoms with Crippen LogP contribution in [0, 0.1) is 0 Å². The maximum absolute atomic E-state index is 11.6. The van der Waals surface area contributed by atoms with E-state index in [-0.39, 0.29) is 11.9 Å². The van der Waals surface area contributed by atoms with Gasteiger partial charge < -0.3 is 15.2 Å². The number of aromatic nitrogens is 2. The van der Waals surface area contributed by atoms with Gasteiger partial charge in [-0.2, -0.15) is 4.98 Å². The van der Waals surface area contributed by atoms with Gasteiger partial charge in [-0.25, -0.2) is 0 Å². The van der Waals surface area contributed by atoms with Crippen LogP contribution in [0.1, 0.15) is 18.7 Å². The second-order valence-corrected chi connectivity index (χ2v) is 3.67. The number of carbonyl (C=O) groups is 1. The standard InChI is InChI=1S/C9H14N4O2/c10-7-2-1-4-13(9(7)14)5-3-8-11-6-15-12-8/h6-7H,1-5,10H2. The summed E-state index contributed by atoms with van der Waals surface area (Å²) in [5.41, 5.74) is 5.68. The monoisotopic (exact) mass is 210 g/mol. The maximum atomic E-state index is 11.6. The Kier molecular flexibility index (Phi) is 2.96. The minimum Gasteiger partial charge on any atom is -0.343 e. The van der Waals surface area contributed by atoms with E-state index in [1.54, 1.807) is 4.90 Å². The number of amides is 1. The quantitative estimate of drug-likeness (QED) is 0.731. The number of nitrogens with two attached hydrogens (primary N) is 1. The number of hydrogen-bond acceptors (Lipinski definition) is 5. The van der Waals surface area contributed by atoms with Crippen molar-refractivity contribution in [1.82, 2.24) is 15.0 Å². The highest BCUT2D eigenvalue weighted by atomic mass is 16.5. The first-order chi connectivity index (χ1) is 7.27. The molecule has 0 spiro atoms. The molecular weight excluding hydrogens is 196 g/mol. The Hall–Kier alpha value is -1.43. The highest BCUT2D eigenvalue weighted by Gasteiger charge is 2.25. The largest absolute Gasteiger partial charge is 0.343 e. The van der Waals surface area contributed by atoms with Crippen molar-refractivity contribution in [2.75, 3.05) is 13.1 Å². The molecule has 82 valence electrons. The summed E-state index contributed by atoms with van der Waals surface area (Å²) in [7, 11) is 0. The highest BCUT2D eigenvalue weighted by molar-refractivity contribution is 5.82. The van der Waals surface area contributed by atoms with Crippen LogP contribution in [-0.4, -0.2) is 40.1 Å². The van der Waals surface area contributed by atoms with Gasteiger partial charge in [-0.15, -0.1) is 0 Å². The molecule has 6 nitrogen and oxygen atoms in total. The molecule has 1 amide bonds. The second-order valence-electron chi connectivity index (χ2n) is 3.67. The van der Waals surface area contributed by atoms with Crippen molar-refractivity contribution in [2.45, 2.75) is 25.3 Å². The first-order valence-corrected chi connectivity index (χ1v) is 5.07. The van der Waals surface area contributed by atoms with Gasteiger partial charge in [0, 0.05) is 19.5 Å². The predicted molar refractivity (Wildman–Crippen MR) is 51.8 cm³/mol. The maximum Gasteiger partial charge on any atom is 0.239 e. The fourth-order valence-corrected chi connectivity index (χ4v) is 1.73. The van der Waals surface area contributed by atoms with Crippen LogP contribution in [0.2, 0.25) is 0 Å². The number of carbonyl (C=O) groups excluding carboxylic acids is 1. The van der Waals surface area contributed by atoms with Gasteiger partial charge in [-0.05, 0) is 12.8 Å². The third kappa shape index (κ3) is 2.33. The Balaban J connectivity index is 1.86. The van der Waals surface area contributed by atoms with E-state index in [0.717, 1.165) is 19.4 Å².